The third-order valence-electron chi connectivity index (χ3n) is 19.7. The SMILES string of the molecule is CCC(C)CCCCCCCCCCCCC(=O)O[C@H](COC(=O)CCCCCCCCCCCCCCCCCCCCC(C)C)COP(=O)(O)OCC(O)COP(=O)(O)OC[C@@H](COC(=O)CCCCCCCCC(C)C)OC(=O)CCCCCCCCCCCCCCCCCC(C)C. The van der Waals surface area contributed by atoms with Gasteiger partial charge in [0.25, 0.3) is 0 Å². The smallest absolute Gasteiger partial charge is 0.462 e. The lowest BCUT2D eigenvalue weighted by Crippen LogP contribution is -2.30. The van der Waals surface area contributed by atoms with E-state index < -0.39 is 97.5 Å². The molecule has 0 aliphatic heterocycles. The highest BCUT2D eigenvalue weighted by Crippen LogP contribution is 2.45. The summed E-state index contributed by atoms with van der Waals surface area (Å²) in [5.74, 6) is 0.994. The first-order valence-electron chi connectivity index (χ1n) is 42.7. The van der Waals surface area contributed by atoms with Gasteiger partial charge in [-0.15, -0.1) is 0 Å². The summed E-state index contributed by atoms with van der Waals surface area (Å²) in [6, 6.07) is 0. The van der Waals surface area contributed by atoms with Crippen LogP contribution in [-0.2, 0) is 65.4 Å². The first-order valence-corrected chi connectivity index (χ1v) is 45.7. The predicted octanol–water partition coefficient (Wildman–Crippen LogP) is 24.8. The number of aliphatic hydroxyl groups is 1. The van der Waals surface area contributed by atoms with Gasteiger partial charge in [-0.3, -0.25) is 37.3 Å². The van der Waals surface area contributed by atoms with Crippen LogP contribution in [0.3, 0.4) is 0 Å². The van der Waals surface area contributed by atoms with E-state index in [1.165, 1.54) is 225 Å². The summed E-state index contributed by atoms with van der Waals surface area (Å²) < 4.78 is 68.7. The molecule has 0 saturated carbocycles. The zero-order chi connectivity index (χ0) is 75.3. The number of unbranched alkanes of at least 4 members (excludes halogenated alkanes) is 45. The minimum atomic E-state index is -4.96. The van der Waals surface area contributed by atoms with Crippen LogP contribution in [0.15, 0.2) is 0 Å². The number of hydrogen-bond donors (Lipinski definition) is 3. The number of carbonyl (C=O) groups excluding carboxylic acids is 4. The summed E-state index contributed by atoms with van der Waals surface area (Å²) in [5, 5.41) is 10.6. The molecule has 0 aromatic carbocycles. The molecule has 0 fully saturated rings. The Labute approximate surface area is 626 Å². The Kier molecular flexibility index (Phi) is 70.6. The maximum Gasteiger partial charge on any atom is 0.472 e. The van der Waals surface area contributed by atoms with Gasteiger partial charge in [0.05, 0.1) is 26.4 Å². The third kappa shape index (κ3) is 74.9. The second kappa shape index (κ2) is 72.0. The lowest BCUT2D eigenvalue weighted by molar-refractivity contribution is -0.161. The summed E-state index contributed by atoms with van der Waals surface area (Å²) in [6.45, 7) is 14.3. The number of hydrogen-bond acceptors (Lipinski definition) is 15. The van der Waals surface area contributed by atoms with E-state index in [2.05, 4.69) is 55.4 Å². The molecule has 6 atom stereocenters. The van der Waals surface area contributed by atoms with Gasteiger partial charge in [0.2, 0.25) is 0 Å². The maximum atomic E-state index is 13.1. The molecule has 0 bridgehead atoms. The topological polar surface area (TPSA) is 237 Å². The summed E-state index contributed by atoms with van der Waals surface area (Å²) in [6.07, 6.45) is 59.9. The first-order chi connectivity index (χ1) is 49.1. The zero-order valence-corrected chi connectivity index (χ0v) is 69.0. The van der Waals surface area contributed by atoms with Crippen molar-refractivity contribution in [1.29, 1.82) is 0 Å². The van der Waals surface area contributed by atoms with Gasteiger partial charge in [0, 0.05) is 25.7 Å². The maximum absolute atomic E-state index is 13.1. The molecule has 0 rings (SSSR count). The molecule has 606 valence electrons. The molecule has 0 aromatic rings. The molecule has 3 N–H and O–H groups in total. The van der Waals surface area contributed by atoms with Gasteiger partial charge in [-0.05, 0) is 49.4 Å². The molecule has 0 aliphatic rings. The second-order valence-corrected chi connectivity index (χ2v) is 34.4. The molecule has 4 unspecified atom stereocenters. The first kappa shape index (κ1) is 100. The van der Waals surface area contributed by atoms with E-state index in [0.29, 0.717) is 31.6 Å². The van der Waals surface area contributed by atoms with Gasteiger partial charge >= 0.3 is 39.5 Å². The quantitative estimate of drug-likeness (QED) is 0.0222. The van der Waals surface area contributed by atoms with Crippen LogP contribution in [0.5, 0.6) is 0 Å². The molecule has 0 heterocycles. The van der Waals surface area contributed by atoms with Gasteiger partial charge < -0.3 is 33.8 Å². The summed E-state index contributed by atoms with van der Waals surface area (Å²) in [7, 11) is -9.92. The molecule has 0 saturated heterocycles. The van der Waals surface area contributed by atoms with E-state index in [0.717, 1.165) is 114 Å². The fraction of sp³-hybridized carbons (Fsp3) is 0.952. The largest absolute Gasteiger partial charge is 0.472 e. The average Bonchev–Trinajstić information content (AvgIpc) is 0.931. The number of aliphatic hydroxyl groups excluding tert-OH is 1. The number of phosphoric acid groups is 2. The van der Waals surface area contributed by atoms with E-state index in [-0.39, 0.29) is 25.7 Å². The van der Waals surface area contributed by atoms with Crippen molar-refractivity contribution in [3.63, 3.8) is 0 Å². The number of carbonyl (C=O) groups is 4. The van der Waals surface area contributed by atoms with E-state index >= 15 is 0 Å². The highest BCUT2D eigenvalue weighted by molar-refractivity contribution is 7.47. The molecular weight excluding hydrogens is 1330 g/mol. The third-order valence-corrected chi connectivity index (χ3v) is 21.6. The van der Waals surface area contributed by atoms with Gasteiger partial charge in [0.15, 0.2) is 12.2 Å². The molecule has 0 radical (unpaired) electrons. The second-order valence-electron chi connectivity index (χ2n) is 31.5. The normalized spacial score (nSPS) is 14.3. The predicted molar refractivity (Wildman–Crippen MR) is 418 cm³/mol. The summed E-state index contributed by atoms with van der Waals surface area (Å²) in [4.78, 5) is 73.0. The lowest BCUT2D eigenvalue weighted by atomic mass is 9.99. The molecular formula is C83H162O17P2. The van der Waals surface area contributed by atoms with Crippen molar-refractivity contribution in [3.05, 3.63) is 0 Å². The highest BCUT2D eigenvalue weighted by atomic mass is 31.2. The van der Waals surface area contributed by atoms with Crippen molar-refractivity contribution in [2.24, 2.45) is 23.7 Å². The highest BCUT2D eigenvalue weighted by Gasteiger charge is 2.30. The van der Waals surface area contributed by atoms with Crippen LogP contribution >= 0.6 is 15.6 Å². The minimum absolute atomic E-state index is 0.106. The van der Waals surface area contributed by atoms with Gasteiger partial charge in [-0.1, -0.05) is 376 Å². The monoisotopic (exact) mass is 1490 g/mol. The molecule has 17 nitrogen and oxygen atoms in total. The average molecular weight is 1490 g/mol. The fourth-order valence-corrected chi connectivity index (χ4v) is 14.3. The van der Waals surface area contributed by atoms with E-state index in [4.69, 9.17) is 37.0 Å². The number of phosphoric ester groups is 2. The van der Waals surface area contributed by atoms with E-state index in [1.54, 1.807) is 0 Å². The molecule has 0 spiro atoms. The Morgan fingerprint density at radius 1 is 0.275 bits per heavy atom. The van der Waals surface area contributed by atoms with E-state index in [9.17, 15) is 43.2 Å². The molecule has 0 amide bonds. The number of esters is 4. The molecule has 0 aliphatic carbocycles. The molecule has 19 heteroatoms. The van der Waals surface area contributed by atoms with E-state index in [1.807, 2.05) is 0 Å². The van der Waals surface area contributed by atoms with Crippen molar-refractivity contribution in [3.8, 4) is 0 Å². The van der Waals surface area contributed by atoms with Crippen molar-refractivity contribution in [2.75, 3.05) is 39.6 Å². The number of rotatable bonds is 80. The standard InChI is InChI=1S/C83H162O17P2/c1-9-76(8)62-54-46-37-31-27-28-34-40-50-58-66-83(88)99-78(69-93-80(85)63-55-47-38-32-25-21-17-13-11-10-12-15-19-23-29-35-43-51-59-73(2)3)71-97-101(89,90)95-67-77(84)68-96-102(91,92)98-72-79(70-94-81(86)64-56-48-42-41-45-53-61-75(6)7)100-82(87)65-57-49-39-33-26-22-18-14-16-20-24-30-36-44-52-60-74(4)5/h73-79,84H,9-72H2,1-8H3,(H,89,90)(H,91,92)/t76?,77?,78-,79-/m1/s1. The van der Waals surface area contributed by atoms with Gasteiger partial charge in [-0.25, -0.2) is 9.13 Å². The number of ether oxygens (including phenoxy) is 4. The summed E-state index contributed by atoms with van der Waals surface area (Å²) >= 11 is 0. The van der Waals surface area contributed by atoms with Crippen LogP contribution in [-0.4, -0.2) is 96.7 Å². The van der Waals surface area contributed by atoms with Crippen LogP contribution in [0.1, 0.15) is 428 Å². The Hall–Kier alpha value is -1.94. The van der Waals surface area contributed by atoms with Crippen molar-refractivity contribution < 1.29 is 80.2 Å². The lowest BCUT2D eigenvalue weighted by Gasteiger charge is -2.21. The molecule has 102 heavy (non-hydrogen) atoms. The fourth-order valence-electron chi connectivity index (χ4n) is 12.8. The van der Waals surface area contributed by atoms with Crippen LogP contribution in [0.2, 0.25) is 0 Å². The van der Waals surface area contributed by atoms with Crippen LogP contribution in [0.25, 0.3) is 0 Å². The van der Waals surface area contributed by atoms with Crippen molar-refractivity contribution in [1.82, 2.24) is 0 Å². The Morgan fingerprint density at radius 3 is 0.696 bits per heavy atom. The minimum Gasteiger partial charge on any atom is -0.462 e. The van der Waals surface area contributed by atoms with Crippen LogP contribution in [0, 0.1) is 23.7 Å². The Balaban J connectivity index is 5.18. The zero-order valence-electron chi connectivity index (χ0n) is 67.2. The molecule has 0 aromatic heterocycles. The van der Waals surface area contributed by atoms with Crippen molar-refractivity contribution >= 4 is 39.5 Å². The van der Waals surface area contributed by atoms with Crippen LogP contribution < -0.4 is 0 Å². The Bertz CT molecular complexity index is 1990. The van der Waals surface area contributed by atoms with Crippen molar-refractivity contribution in [2.45, 2.75) is 446 Å². The summed E-state index contributed by atoms with van der Waals surface area (Å²) in [5.41, 5.74) is 0. The van der Waals surface area contributed by atoms with Crippen LogP contribution in [0.4, 0.5) is 0 Å². The van der Waals surface area contributed by atoms with Gasteiger partial charge in [-0.2, -0.15) is 0 Å². The Morgan fingerprint density at radius 2 is 0.471 bits per heavy atom. The van der Waals surface area contributed by atoms with Gasteiger partial charge in [0.1, 0.15) is 19.3 Å².